The summed E-state index contributed by atoms with van der Waals surface area (Å²) < 4.78 is 14.9. The minimum atomic E-state index is -2.98. The summed E-state index contributed by atoms with van der Waals surface area (Å²) in [6, 6.07) is 40.2. The van der Waals surface area contributed by atoms with E-state index in [2.05, 4.69) is 24.3 Å². The molecule has 2 heteroatoms. The van der Waals surface area contributed by atoms with Crippen LogP contribution >= 0.6 is 7.14 Å². The fourth-order valence-electron chi connectivity index (χ4n) is 3.63. The first-order valence-corrected chi connectivity index (χ1v) is 10.9. The Balaban J connectivity index is 2.03. The largest absolute Gasteiger partial charge is 0.313 e. The summed E-state index contributed by atoms with van der Waals surface area (Å²) in [6.07, 6.45) is 0. The minimum Gasteiger partial charge on any atom is -0.313 e. The van der Waals surface area contributed by atoms with Crippen LogP contribution in [-0.4, -0.2) is 0 Å². The molecule has 4 aromatic carbocycles. The topological polar surface area (TPSA) is 17.1 Å². The molecule has 1 nitrogen and oxygen atoms in total. The Labute approximate surface area is 160 Å². The van der Waals surface area contributed by atoms with Crippen molar-refractivity contribution in [1.82, 2.24) is 0 Å². The zero-order valence-corrected chi connectivity index (χ0v) is 15.9. The SMILES string of the molecule is O=P(c1ccccc1)(c1ccccc1)C(c1ccccc1)c1ccccc1. The molecule has 4 rings (SSSR count). The van der Waals surface area contributed by atoms with Crippen LogP contribution in [0.1, 0.15) is 16.8 Å². The molecule has 0 fully saturated rings. The smallest absolute Gasteiger partial charge is 0.154 e. The van der Waals surface area contributed by atoms with E-state index in [1.165, 1.54) is 0 Å². The van der Waals surface area contributed by atoms with Crippen molar-refractivity contribution in [2.75, 3.05) is 0 Å². The van der Waals surface area contributed by atoms with Gasteiger partial charge in [0.15, 0.2) is 7.14 Å². The van der Waals surface area contributed by atoms with Crippen LogP contribution < -0.4 is 10.6 Å². The summed E-state index contributed by atoms with van der Waals surface area (Å²) >= 11 is 0. The van der Waals surface area contributed by atoms with E-state index in [-0.39, 0.29) is 5.66 Å². The Kier molecular flexibility index (Phi) is 5.05. The lowest BCUT2D eigenvalue weighted by molar-refractivity contribution is 0.582. The molecule has 0 heterocycles. The second kappa shape index (κ2) is 7.78. The molecule has 0 spiro atoms. The number of rotatable bonds is 5. The predicted molar refractivity (Wildman–Crippen MR) is 114 cm³/mol. The van der Waals surface area contributed by atoms with Crippen LogP contribution in [0.15, 0.2) is 121 Å². The molecule has 0 amide bonds. The number of hydrogen-bond donors (Lipinski definition) is 0. The van der Waals surface area contributed by atoms with Gasteiger partial charge in [-0.2, -0.15) is 0 Å². The van der Waals surface area contributed by atoms with Crippen LogP contribution in [0.2, 0.25) is 0 Å². The highest BCUT2D eigenvalue weighted by atomic mass is 31.2. The zero-order chi connectivity index (χ0) is 18.5. The highest BCUT2D eigenvalue weighted by molar-refractivity contribution is 7.79. The van der Waals surface area contributed by atoms with Crippen LogP contribution in [0.25, 0.3) is 0 Å². The van der Waals surface area contributed by atoms with Crippen molar-refractivity contribution in [2.24, 2.45) is 0 Å². The molecule has 0 aliphatic carbocycles. The van der Waals surface area contributed by atoms with Crippen molar-refractivity contribution in [2.45, 2.75) is 5.66 Å². The molecule has 0 unspecified atom stereocenters. The summed E-state index contributed by atoms with van der Waals surface area (Å²) in [6.45, 7) is 0. The number of benzene rings is 4. The van der Waals surface area contributed by atoms with E-state index in [1.807, 2.05) is 97.1 Å². The van der Waals surface area contributed by atoms with Crippen molar-refractivity contribution in [3.63, 3.8) is 0 Å². The third kappa shape index (κ3) is 3.39. The van der Waals surface area contributed by atoms with Crippen LogP contribution in [0.4, 0.5) is 0 Å². The van der Waals surface area contributed by atoms with E-state index in [0.717, 1.165) is 21.7 Å². The van der Waals surface area contributed by atoms with Crippen molar-refractivity contribution in [3.05, 3.63) is 132 Å². The second-order valence-electron chi connectivity index (χ2n) is 6.55. The van der Waals surface area contributed by atoms with Crippen LogP contribution in [0, 0.1) is 0 Å². The van der Waals surface area contributed by atoms with E-state index < -0.39 is 7.14 Å². The van der Waals surface area contributed by atoms with Gasteiger partial charge in [0.2, 0.25) is 0 Å². The van der Waals surface area contributed by atoms with Gasteiger partial charge in [-0.3, -0.25) is 0 Å². The van der Waals surface area contributed by atoms with Gasteiger partial charge in [0.05, 0.1) is 5.66 Å². The van der Waals surface area contributed by atoms with E-state index >= 15 is 0 Å². The molecule has 0 saturated carbocycles. The summed E-state index contributed by atoms with van der Waals surface area (Å²) in [5.41, 5.74) is 1.91. The fourth-order valence-corrected chi connectivity index (χ4v) is 6.94. The maximum Gasteiger partial charge on any atom is 0.154 e. The van der Waals surface area contributed by atoms with Crippen LogP contribution in [0.3, 0.4) is 0 Å². The summed E-state index contributed by atoms with van der Waals surface area (Å²) in [5, 5.41) is 1.77. The van der Waals surface area contributed by atoms with Gasteiger partial charge in [-0.15, -0.1) is 0 Å². The monoisotopic (exact) mass is 368 g/mol. The van der Waals surface area contributed by atoms with E-state index in [0.29, 0.717) is 0 Å². The van der Waals surface area contributed by atoms with E-state index in [1.54, 1.807) is 0 Å². The molecule has 0 radical (unpaired) electrons. The van der Waals surface area contributed by atoms with Crippen LogP contribution in [0.5, 0.6) is 0 Å². The summed E-state index contributed by atoms with van der Waals surface area (Å²) in [4.78, 5) is 0. The Morgan fingerprint density at radius 1 is 0.444 bits per heavy atom. The standard InChI is InChI=1S/C25H21OP/c26-27(23-17-9-3-10-18-23,24-19-11-4-12-20-24)25(21-13-5-1-6-14-21)22-15-7-2-8-16-22/h1-20,25H. The van der Waals surface area contributed by atoms with Crippen molar-refractivity contribution >= 4 is 17.8 Å². The van der Waals surface area contributed by atoms with Gasteiger partial charge >= 0.3 is 0 Å². The summed E-state index contributed by atoms with van der Waals surface area (Å²) in [5.74, 6) is 0. The third-order valence-corrected chi connectivity index (χ3v) is 8.33. The Hall–Kier alpha value is -2.89. The normalized spacial score (nSPS) is 11.4. The van der Waals surface area contributed by atoms with Crippen molar-refractivity contribution in [1.29, 1.82) is 0 Å². The van der Waals surface area contributed by atoms with Gasteiger partial charge in [-0.05, 0) is 11.1 Å². The molecule has 0 saturated heterocycles. The first kappa shape index (κ1) is 17.5. The molecule has 132 valence electrons. The van der Waals surface area contributed by atoms with Crippen LogP contribution in [-0.2, 0) is 4.57 Å². The second-order valence-corrected chi connectivity index (χ2v) is 9.42. The van der Waals surface area contributed by atoms with Gasteiger partial charge in [-0.25, -0.2) is 0 Å². The Morgan fingerprint density at radius 2 is 0.741 bits per heavy atom. The van der Waals surface area contributed by atoms with E-state index in [9.17, 15) is 4.57 Å². The molecule has 0 aliphatic heterocycles. The summed E-state index contributed by atoms with van der Waals surface area (Å²) in [7, 11) is -2.98. The quantitative estimate of drug-likeness (QED) is 0.408. The highest BCUT2D eigenvalue weighted by Crippen LogP contribution is 2.60. The van der Waals surface area contributed by atoms with Gasteiger partial charge < -0.3 is 4.57 Å². The molecule has 27 heavy (non-hydrogen) atoms. The van der Waals surface area contributed by atoms with E-state index in [4.69, 9.17) is 0 Å². The molecule has 0 aromatic heterocycles. The molecule has 0 bridgehead atoms. The first-order valence-electron chi connectivity index (χ1n) is 9.11. The van der Waals surface area contributed by atoms with Crippen molar-refractivity contribution in [3.8, 4) is 0 Å². The average Bonchev–Trinajstić information content (AvgIpc) is 2.76. The average molecular weight is 368 g/mol. The zero-order valence-electron chi connectivity index (χ0n) is 15.0. The fraction of sp³-hybridized carbons (Fsp3) is 0.0400. The highest BCUT2D eigenvalue weighted by Gasteiger charge is 2.38. The maximum atomic E-state index is 14.9. The van der Waals surface area contributed by atoms with Gasteiger partial charge in [0.25, 0.3) is 0 Å². The lowest BCUT2D eigenvalue weighted by Gasteiger charge is -2.30. The minimum absolute atomic E-state index is 0.232. The van der Waals surface area contributed by atoms with Gasteiger partial charge in [0.1, 0.15) is 0 Å². The third-order valence-electron chi connectivity index (χ3n) is 4.87. The van der Waals surface area contributed by atoms with Gasteiger partial charge in [0, 0.05) is 10.6 Å². The molecule has 0 atom stereocenters. The molecule has 4 aromatic rings. The lowest BCUT2D eigenvalue weighted by atomic mass is 10.0. The number of hydrogen-bond acceptors (Lipinski definition) is 1. The molecular weight excluding hydrogens is 347 g/mol. The first-order chi connectivity index (χ1) is 13.3. The van der Waals surface area contributed by atoms with Gasteiger partial charge in [-0.1, -0.05) is 121 Å². The Morgan fingerprint density at radius 3 is 1.07 bits per heavy atom. The predicted octanol–water partition coefficient (Wildman–Crippen LogP) is 5.79. The Bertz CT molecular complexity index is 946. The molecular formula is C25H21OP. The maximum absolute atomic E-state index is 14.9. The lowest BCUT2D eigenvalue weighted by Crippen LogP contribution is -2.22. The molecule has 0 N–H and O–H groups in total. The van der Waals surface area contributed by atoms with Crippen molar-refractivity contribution < 1.29 is 4.57 Å². The molecule has 0 aliphatic rings.